The zero-order valence-corrected chi connectivity index (χ0v) is 10.1. The predicted molar refractivity (Wildman–Crippen MR) is 64.6 cm³/mol. The summed E-state index contributed by atoms with van der Waals surface area (Å²) in [4.78, 5) is 4.34. The summed E-state index contributed by atoms with van der Waals surface area (Å²) in [7, 11) is -1.53. The fraction of sp³-hybridized carbons (Fsp3) is 0.250. The van der Waals surface area contributed by atoms with Crippen molar-refractivity contribution in [2.45, 2.75) is 11.5 Å². The molecule has 0 atom stereocenters. The number of pyridine rings is 1. The molecule has 0 radical (unpaired) electrons. The highest BCUT2D eigenvalue weighted by molar-refractivity contribution is 7.90. The van der Waals surface area contributed by atoms with Gasteiger partial charge in [0, 0.05) is 10.9 Å². The van der Waals surface area contributed by atoms with Crippen LogP contribution in [0.5, 0.6) is 5.88 Å². The molecule has 0 bridgehead atoms. The maximum Gasteiger partial charge on any atom is 0.218 e. The molecule has 5 heteroatoms. The number of para-hydroxylation sites is 1. The van der Waals surface area contributed by atoms with E-state index in [1.807, 2.05) is 24.3 Å². The van der Waals surface area contributed by atoms with E-state index in [0.717, 1.165) is 16.5 Å². The zero-order chi connectivity index (χ0) is 12.0. The average molecular weight is 249 g/mol. The van der Waals surface area contributed by atoms with Gasteiger partial charge in [-0.05, 0) is 11.6 Å². The minimum absolute atomic E-state index is 0.0311. The van der Waals surface area contributed by atoms with Gasteiger partial charge >= 0.3 is 0 Å². The van der Waals surface area contributed by atoms with Crippen molar-refractivity contribution in [1.29, 1.82) is 0 Å². The second kappa shape index (κ2) is 3.43. The highest BCUT2D eigenvalue weighted by atomic mass is 32.2. The third kappa shape index (κ3) is 1.58. The van der Waals surface area contributed by atoms with E-state index in [1.54, 1.807) is 0 Å². The lowest BCUT2D eigenvalue weighted by Gasteiger charge is -2.08. The van der Waals surface area contributed by atoms with Crippen molar-refractivity contribution in [3.8, 4) is 5.88 Å². The van der Waals surface area contributed by atoms with Crippen LogP contribution in [0.25, 0.3) is 10.9 Å². The first-order valence-corrected chi connectivity index (χ1v) is 7.08. The van der Waals surface area contributed by atoms with Crippen LogP contribution < -0.4 is 4.74 Å². The monoisotopic (exact) mass is 249 g/mol. The summed E-state index contributed by atoms with van der Waals surface area (Å²) in [5, 5.41) is 0.907. The summed E-state index contributed by atoms with van der Waals surface area (Å²) in [6.45, 7) is 0. The van der Waals surface area contributed by atoms with Gasteiger partial charge < -0.3 is 4.74 Å². The summed E-state index contributed by atoms with van der Waals surface area (Å²) in [6.07, 6.45) is 0. The Morgan fingerprint density at radius 2 is 1.88 bits per heavy atom. The molecule has 0 unspecified atom stereocenters. The van der Waals surface area contributed by atoms with Crippen molar-refractivity contribution < 1.29 is 13.2 Å². The van der Waals surface area contributed by atoms with Crippen molar-refractivity contribution in [1.82, 2.24) is 4.98 Å². The standard InChI is InChI=1S/C12H11NO3S/c1-16-12-10-7-17(14,15)6-9(10)8-4-2-3-5-11(8)13-12/h2-5H,6-7H2,1H3. The second-order valence-electron chi connectivity index (χ2n) is 4.13. The van der Waals surface area contributed by atoms with Gasteiger partial charge in [-0.2, -0.15) is 0 Å². The number of hydrogen-bond acceptors (Lipinski definition) is 4. The lowest BCUT2D eigenvalue weighted by atomic mass is 10.1. The summed E-state index contributed by atoms with van der Waals surface area (Å²) in [6, 6.07) is 7.54. The van der Waals surface area contributed by atoms with Crippen molar-refractivity contribution in [2.75, 3.05) is 7.11 Å². The molecule has 1 aliphatic rings. The topological polar surface area (TPSA) is 56.3 Å². The van der Waals surface area contributed by atoms with Crippen molar-refractivity contribution >= 4 is 20.7 Å². The number of hydrogen-bond donors (Lipinski definition) is 0. The van der Waals surface area contributed by atoms with Crippen LogP contribution in [0, 0.1) is 0 Å². The van der Waals surface area contributed by atoms with Crippen molar-refractivity contribution in [3.63, 3.8) is 0 Å². The Balaban J connectivity index is 2.41. The Hall–Kier alpha value is -1.62. The molecular weight excluding hydrogens is 238 g/mol. The van der Waals surface area contributed by atoms with E-state index < -0.39 is 9.84 Å². The number of fused-ring (bicyclic) bond motifs is 3. The third-order valence-corrected chi connectivity index (χ3v) is 4.45. The first kappa shape index (κ1) is 10.5. The maximum atomic E-state index is 11.7. The first-order chi connectivity index (χ1) is 8.11. The van der Waals surface area contributed by atoms with Crippen LogP contribution in [-0.2, 0) is 21.3 Å². The van der Waals surface area contributed by atoms with Gasteiger partial charge in [0.2, 0.25) is 5.88 Å². The van der Waals surface area contributed by atoms with E-state index in [0.29, 0.717) is 11.4 Å². The number of sulfone groups is 1. The van der Waals surface area contributed by atoms with Crippen LogP contribution in [-0.4, -0.2) is 20.5 Å². The van der Waals surface area contributed by atoms with E-state index in [-0.39, 0.29) is 11.5 Å². The fourth-order valence-corrected chi connectivity index (χ4v) is 3.88. The quantitative estimate of drug-likeness (QED) is 0.771. The largest absolute Gasteiger partial charge is 0.481 e. The van der Waals surface area contributed by atoms with Crippen molar-refractivity contribution in [2.24, 2.45) is 0 Å². The lowest BCUT2D eigenvalue weighted by molar-refractivity contribution is 0.395. The van der Waals surface area contributed by atoms with E-state index in [2.05, 4.69) is 4.98 Å². The minimum Gasteiger partial charge on any atom is -0.481 e. The van der Waals surface area contributed by atoms with Crippen molar-refractivity contribution in [3.05, 3.63) is 35.4 Å². The summed E-state index contributed by atoms with van der Waals surface area (Å²) in [5.74, 6) is 0.546. The Morgan fingerprint density at radius 1 is 1.18 bits per heavy atom. The van der Waals surface area contributed by atoms with Crippen LogP contribution >= 0.6 is 0 Å². The van der Waals surface area contributed by atoms with Crippen LogP contribution in [0.15, 0.2) is 24.3 Å². The van der Waals surface area contributed by atoms with Gasteiger partial charge in [-0.15, -0.1) is 0 Å². The molecule has 2 heterocycles. The van der Waals surface area contributed by atoms with Gasteiger partial charge in [0.1, 0.15) is 0 Å². The number of nitrogens with zero attached hydrogens (tertiary/aromatic N) is 1. The molecule has 1 aliphatic heterocycles. The Morgan fingerprint density at radius 3 is 2.65 bits per heavy atom. The number of ether oxygens (including phenoxy) is 1. The number of methoxy groups -OCH3 is 1. The summed E-state index contributed by atoms with van der Waals surface area (Å²) < 4.78 is 28.6. The van der Waals surface area contributed by atoms with E-state index in [1.165, 1.54) is 7.11 Å². The molecule has 0 aliphatic carbocycles. The van der Waals surface area contributed by atoms with Gasteiger partial charge in [-0.3, -0.25) is 0 Å². The molecule has 3 rings (SSSR count). The molecule has 1 aromatic heterocycles. The van der Waals surface area contributed by atoms with Gasteiger partial charge in [-0.1, -0.05) is 18.2 Å². The Labute approximate surface area is 99.2 Å². The smallest absolute Gasteiger partial charge is 0.218 e. The van der Waals surface area contributed by atoms with Gasteiger partial charge in [0.05, 0.1) is 24.1 Å². The molecule has 88 valence electrons. The zero-order valence-electron chi connectivity index (χ0n) is 9.30. The molecule has 1 aromatic carbocycles. The molecular formula is C12H11NO3S. The van der Waals surface area contributed by atoms with Gasteiger partial charge in [0.15, 0.2) is 9.84 Å². The average Bonchev–Trinajstić information content (AvgIpc) is 2.63. The molecule has 0 fully saturated rings. The predicted octanol–water partition coefficient (Wildman–Crippen LogP) is 1.67. The Bertz CT molecular complexity index is 707. The molecule has 0 saturated heterocycles. The van der Waals surface area contributed by atoms with Crippen LogP contribution in [0.1, 0.15) is 11.1 Å². The molecule has 17 heavy (non-hydrogen) atoms. The number of rotatable bonds is 1. The number of benzene rings is 1. The number of aromatic nitrogens is 1. The highest BCUT2D eigenvalue weighted by Crippen LogP contribution is 2.36. The lowest BCUT2D eigenvalue weighted by Crippen LogP contribution is -1.97. The minimum atomic E-state index is -3.05. The third-order valence-electron chi connectivity index (χ3n) is 3.00. The highest BCUT2D eigenvalue weighted by Gasteiger charge is 2.30. The van der Waals surface area contributed by atoms with Crippen LogP contribution in [0.3, 0.4) is 0 Å². The second-order valence-corrected chi connectivity index (χ2v) is 6.19. The van der Waals surface area contributed by atoms with Crippen LogP contribution in [0.4, 0.5) is 0 Å². The molecule has 0 spiro atoms. The van der Waals surface area contributed by atoms with E-state index >= 15 is 0 Å². The molecule has 0 N–H and O–H groups in total. The molecule has 0 amide bonds. The van der Waals surface area contributed by atoms with Crippen LogP contribution in [0.2, 0.25) is 0 Å². The normalized spacial score (nSPS) is 17.0. The first-order valence-electron chi connectivity index (χ1n) is 5.25. The van der Waals surface area contributed by atoms with Gasteiger partial charge in [0.25, 0.3) is 0 Å². The molecule has 2 aromatic rings. The Kier molecular flexibility index (Phi) is 2.13. The molecule has 4 nitrogen and oxygen atoms in total. The summed E-state index contributed by atoms with van der Waals surface area (Å²) in [5.41, 5.74) is 2.33. The SMILES string of the molecule is COc1nc2ccccc2c2c1CS(=O)(=O)C2. The molecule has 0 saturated carbocycles. The fourth-order valence-electron chi connectivity index (χ4n) is 2.27. The maximum absolute atomic E-state index is 11.7. The van der Waals surface area contributed by atoms with E-state index in [9.17, 15) is 8.42 Å². The summed E-state index contributed by atoms with van der Waals surface area (Å²) >= 11 is 0. The van der Waals surface area contributed by atoms with E-state index in [4.69, 9.17) is 4.74 Å². The van der Waals surface area contributed by atoms with Gasteiger partial charge in [-0.25, -0.2) is 13.4 Å².